The van der Waals surface area contributed by atoms with E-state index in [9.17, 15) is 9.59 Å². The molecule has 0 aliphatic heterocycles. The van der Waals surface area contributed by atoms with Gasteiger partial charge in [0.2, 0.25) is 0 Å². The molecule has 0 fully saturated rings. The summed E-state index contributed by atoms with van der Waals surface area (Å²) in [5, 5.41) is 25.6. The van der Waals surface area contributed by atoms with Crippen LogP contribution in [-0.4, -0.2) is 45.9 Å². The van der Waals surface area contributed by atoms with Gasteiger partial charge in [0, 0.05) is 5.41 Å². The summed E-state index contributed by atoms with van der Waals surface area (Å²) in [4.78, 5) is 20.6. The number of aliphatic hydroxyl groups is 1. The second kappa shape index (κ2) is 9.14. The molecule has 1 rings (SSSR count). The molecule has 0 aliphatic rings. The zero-order chi connectivity index (χ0) is 17.3. The van der Waals surface area contributed by atoms with Crippen LogP contribution in [0.25, 0.3) is 0 Å². The maximum atomic E-state index is 10.4. The number of hydrogen-bond acceptors (Lipinski definition) is 5. The van der Waals surface area contributed by atoms with Gasteiger partial charge in [-0.2, -0.15) is 0 Å². The molecule has 1 aromatic rings. The molecule has 0 bridgehead atoms. The topological polar surface area (TPSA) is 147 Å². The first-order chi connectivity index (χ1) is 10.1. The molecule has 0 amide bonds. The zero-order valence-corrected chi connectivity index (χ0v) is 12.8. The first-order valence-corrected chi connectivity index (χ1v) is 6.73. The van der Waals surface area contributed by atoms with Gasteiger partial charge in [-0.3, -0.25) is 9.59 Å². The summed E-state index contributed by atoms with van der Waals surface area (Å²) in [6.07, 6.45) is 0.385. The van der Waals surface area contributed by atoms with E-state index in [4.69, 9.17) is 26.8 Å². The summed E-state index contributed by atoms with van der Waals surface area (Å²) in [5.41, 5.74) is 10.8. The van der Waals surface area contributed by atoms with E-state index in [1.54, 1.807) is 13.8 Å². The van der Waals surface area contributed by atoms with Crippen LogP contribution in [0.15, 0.2) is 30.3 Å². The molecule has 0 radical (unpaired) electrons. The lowest BCUT2D eigenvalue weighted by molar-refractivity contribution is -0.142. The van der Waals surface area contributed by atoms with E-state index in [-0.39, 0.29) is 6.61 Å². The van der Waals surface area contributed by atoms with Gasteiger partial charge in [-0.05, 0) is 12.0 Å². The van der Waals surface area contributed by atoms with Gasteiger partial charge < -0.3 is 26.8 Å². The quantitative estimate of drug-likeness (QED) is 0.499. The summed E-state index contributed by atoms with van der Waals surface area (Å²) in [5.74, 6) is -2.04. The van der Waals surface area contributed by atoms with Crippen LogP contribution in [-0.2, 0) is 16.0 Å². The Bertz CT molecular complexity index is 476. The summed E-state index contributed by atoms with van der Waals surface area (Å²) >= 11 is 0. The Morgan fingerprint density at radius 1 is 1.09 bits per heavy atom. The Labute approximate surface area is 129 Å². The number of carboxylic acids is 2. The van der Waals surface area contributed by atoms with Crippen LogP contribution >= 0.6 is 0 Å². The highest BCUT2D eigenvalue weighted by atomic mass is 16.4. The van der Waals surface area contributed by atoms with Crippen molar-refractivity contribution in [2.45, 2.75) is 32.4 Å². The van der Waals surface area contributed by atoms with Crippen molar-refractivity contribution in [3.63, 3.8) is 0 Å². The van der Waals surface area contributed by atoms with Crippen molar-refractivity contribution in [3.05, 3.63) is 35.9 Å². The van der Waals surface area contributed by atoms with Crippen molar-refractivity contribution in [2.75, 3.05) is 6.61 Å². The van der Waals surface area contributed by atoms with Crippen LogP contribution in [0.5, 0.6) is 0 Å². The zero-order valence-electron chi connectivity index (χ0n) is 12.8. The highest BCUT2D eigenvalue weighted by Gasteiger charge is 2.30. The maximum absolute atomic E-state index is 10.4. The average molecular weight is 312 g/mol. The molecular weight excluding hydrogens is 288 g/mol. The molecule has 0 aromatic heterocycles. The van der Waals surface area contributed by atoms with Gasteiger partial charge in [0.1, 0.15) is 12.1 Å². The number of rotatable bonds is 6. The van der Waals surface area contributed by atoms with E-state index in [1.165, 1.54) is 0 Å². The van der Waals surface area contributed by atoms with Crippen molar-refractivity contribution >= 4 is 11.9 Å². The minimum absolute atomic E-state index is 0.222. The summed E-state index contributed by atoms with van der Waals surface area (Å²) < 4.78 is 0. The highest BCUT2D eigenvalue weighted by molar-refractivity contribution is 5.74. The molecule has 0 saturated carbocycles. The van der Waals surface area contributed by atoms with Crippen molar-refractivity contribution in [2.24, 2.45) is 16.9 Å². The third kappa shape index (κ3) is 7.16. The van der Waals surface area contributed by atoms with Crippen LogP contribution in [0, 0.1) is 5.41 Å². The molecule has 1 aromatic carbocycles. The Morgan fingerprint density at radius 2 is 1.59 bits per heavy atom. The van der Waals surface area contributed by atoms with E-state index in [0.717, 1.165) is 5.56 Å². The fourth-order valence-electron chi connectivity index (χ4n) is 1.39. The van der Waals surface area contributed by atoms with E-state index in [1.807, 2.05) is 30.3 Å². The molecule has 0 unspecified atom stereocenters. The summed E-state index contributed by atoms with van der Waals surface area (Å²) in [7, 11) is 0. The molecule has 7 heteroatoms. The van der Waals surface area contributed by atoms with Crippen LogP contribution in [0.3, 0.4) is 0 Å². The van der Waals surface area contributed by atoms with Crippen LogP contribution < -0.4 is 11.5 Å². The fraction of sp³-hybridized carbons (Fsp3) is 0.467. The van der Waals surface area contributed by atoms with Gasteiger partial charge in [-0.25, -0.2) is 0 Å². The highest BCUT2D eigenvalue weighted by Crippen LogP contribution is 2.17. The first-order valence-electron chi connectivity index (χ1n) is 6.73. The summed E-state index contributed by atoms with van der Waals surface area (Å²) in [6, 6.07) is 7.54. The van der Waals surface area contributed by atoms with Crippen LogP contribution in [0.2, 0.25) is 0 Å². The molecule has 0 saturated heterocycles. The van der Waals surface area contributed by atoms with Crippen molar-refractivity contribution in [1.29, 1.82) is 0 Å². The van der Waals surface area contributed by atoms with Gasteiger partial charge >= 0.3 is 11.9 Å². The molecule has 124 valence electrons. The fourth-order valence-corrected chi connectivity index (χ4v) is 1.39. The molecule has 2 atom stereocenters. The predicted octanol–water partition coefficient (Wildman–Crippen LogP) is 0.0578. The lowest BCUT2D eigenvalue weighted by Crippen LogP contribution is -2.45. The van der Waals surface area contributed by atoms with E-state index in [2.05, 4.69) is 0 Å². The number of nitrogens with two attached hydrogens (primary N) is 2. The molecular formula is C15H24N2O5. The van der Waals surface area contributed by atoms with Gasteiger partial charge in [0.05, 0.1) is 6.61 Å². The minimum Gasteiger partial charge on any atom is -0.480 e. The monoisotopic (exact) mass is 312 g/mol. The number of aliphatic hydroxyl groups excluding tert-OH is 1. The SMILES string of the molecule is CC(C)(CO)[C@H](N)C(=O)O.N[C@@H](Cc1ccccc1)C(=O)O. The van der Waals surface area contributed by atoms with Crippen molar-refractivity contribution < 1.29 is 24.9 Å². The standard InChI is InChI=1S/C9H11NO2.C6H13NO3/c10-8(9(11)12)6-7-4-2-1-3-5-7;1-6(2,3-8)4(7)5(9)10/h1-5,8H,6,10H2,(H,11,12);4,8H,3,7H2,1-2H3,(H,9,10)/t8-;4-/m01/s1. The lowest BCUT2D eigenvalue weighted by atomic mass is 9.86. The predicted molar refractivity (Wildman–Crippen MR) is 82.2 cm³/mol. The normalized spacial score (nSPS) is 13.5. The molecule has 0 spiro atoms. The Kier molecular flexibility index (Phi) is 8.32. The number of aliphatic carboxylic acids is 2. The second-order valence-electron chi connectivity index (χ2n) is 5.60. The smallest absolute Gasteiger partial charge is 0.321 e. The minimum atomic E-state index is -1.08. The molecule has 7 N–H and O–H groups in total. The van der Waals surface area contributed by atoms with Gasteiger partial charge in [0.15, 0.2) is 0 Å². The van der Waals surface area contributed by atoms with Gasteiger partial charge in [0.25, 0.3) is 0 Å². The van der Waals surface area contributed by atoms with Gasteiger partial charge in [-0.1, -0.05) is 44.2 Å². The second-order valence-corrected chi connectivity index (χ2v) is 5.60. The van der Waals surface area contributed by atoms with E-state index < -0.39 is 29.4 Å². The average Bonchev–Trinajstić information content (AvgIpc) is 2.47. The maximum Gasteiger partial charge on any atom is 0.321 e. The van der Waals surface area contributed by atoms with E-state index in [0.29, 0.717) is 6.42 Å². The number of carbonyl (C=O) groups is 2. The van der Waals surface area contributed by atoms with Crippen LogP contribution in [0.4, 0.5) is 0 Å². The Morgan fingerprint density at radius 3 is 1.91 bits per heavy atom. The molecule has 22 heavy (non-hydrogen) atoms. The molecule has 0 heterocycles. The van der Waals surface area contributed by atoms with Crippen molar-refractivity contribution in [3.8, 4) is 0 Å². The summed E-state index contributed by atoms with van der Waals surface area (Å²) in [6.45, 7) is 2.98. The Balaban J connectivity index is 0.000000409. The van der Waals surface area contributed by atoms with Gasteiger partial charge in [-0.15, -0.1) is 0 Å². The molecule has 7 nitrogen and oxygen atoms in total. The Hall–Kier alpha value is -1.96. The number of benzene rings is 1. The van der Waals surface area contributed by atoms with Crippen LogP contribution in [0.1, 0.15) is 19.4 Å². The molecule has 0 aliphatic carbocycles. The third-order valence-corrected chi connectivity index (χ3v) is 3.13. The number of hydrogen-bond donors (Lipinski definition) is 5. The van der Waals surface area contributed by atoms with Crippen molar-refractivity contribution in [1.82, 2.24) is 0 Å². The third-order valence-electron chi connectivity index (χ3n) is 3.13. The number of carboxylic acid groups (broad SMARTS) is 2. The first kappa shape index (κ1) is 20.0. The van der Waals surface area contributed by atoms with E-state index >= 15 is 0 Å². The largest absolute Gasteiger partial charge is 0.480 e. The lowest BCUT2D eigenvalue weighted by Gasteiger charge is -2.25.